The third-order valence-electron chi connectivity index (χ3n) is 2.06. The van der Waals surface area contributed by atoms with Crippen molar-refractivity contribution in [3.05, 3.63) is 42.0 Å². The second-order valence-electron chi connectivity index (χ2n) is 3.30. The van der Waals surface area contributed by atoms with E-state index in [1.807, 2.05) is 0 Å². The van der Waals surface area contributed by atoms with Crippen LogP contribution in [0.3, 0.4) is 0 Å². The number of carbonyl (C=O) groups is 1. The Labute approximate surface area is 94.4 Å². The van der Waals surface area contributed by atoms with Crippen molar-refractivity contribution in [3.63, 3.8) is 0 Å². The molecule has 1 aliphatic rings. The molecule has 6 heteroatoms. The molecule has 1 aliphatic heterocycles. The van der Waals surface area contributed by atoms with Crippen LogP contribution in [-0.2, 0) is 15.7 Å². The summed E-state index contributed by atoms with van der Waals surface area (Å²) in [7, 11) is 0. The molecular formula is C11H7F3O3. The van der Waals surface area contributed by atoms with Crippen LogP contribution in [0.4, 0.5) is 13.2 Å². The van der Waals surface area contributed by atoms with E-state index in [2.05, 4.69) is 4.74 Å². The average Bonchev–Trinajstić information content (AvgIpc) is 2.63. The summed E-state index contributed by atoms with van der Waals surface area (Å²) in [5.74, 6) is -0.343. The minimum Gasteiger partial charge on any atom is -0.451 e. The summed E-state index contributed by atoms with van der Waals surface area (Å²) in [4.78, 5) is 10.7. The van der Waals surface area contributed by atoms with Crippen molar-refractivity contribution >= 4 is 5.97 Å². The van der Waals surface area contributed by atoms with Gasteiger partial charge in [0.2, 0.25) is 0 Å². The number of benzene rings is 1. The first-order valence-electron chi connectivity index (χ1n) is 4.68. The molecule has 0 aromatic heterocycles. The molecule has 1 aromatic rings. The summed E-state index contributed by atoms with van der Waals surface area (Å²) in [6, 6.07) is 4.14. The zero-order valence-corrected chi connectivity index (χ0v) is 8.40. The fraction of sp³-hybridized carbons (Fsp3) is 0.182. The number of hydrogen-bond acceptors (Lipinski definition) is 3. The van der Waals surface area contributed by atoms with Gasteiger partial charge in [0, 0.05) is 12.2 Å². The Kier molecular flexibility index (Phi) is 2.79. The Balaban J connectivity index is 2.04. The molecule has 0 aliphatic carbocycles. The van der Waals surface area contributed by atoms with Gasteiger partial charge < -0.3 is 9.47 Å². The number of rotatable bonds is 2. The number of carbonyl (C=O) groups excluding carboxylic acids is 1. The highest BCUT2D eigenvalue weighted by Gasteiger charge is 2.30. The topological polar surface area (TPSA) is 35.5 Å². The van der Waals surface area contributed by atoms with E-state index in [1.165, 1.54) is 24.3 Å². The zero-order chi connectivity index (χ0) is 12.5. The molecule has 0 amide bonds. The maximum absolute atomic E-state index is 12.3. The van der Waals surface area contributed by atoms with E-state index in [-0.39, 0.29) is 5.75 Å². The van der Waals surface area contributed by atoms with Crippen LogP contribution in [0, 0.1) is 0 Å². The number of cyclic esters (lactones) is 1. The third-order valence-corrected chi connectivity index (χ3v) is 2.06. The van der Waals surface area contributed by atoms with Gasteiger partial charge in [0.05, 0.1) is 5.56 Å². The van der Waals surface area contributed by atoms with Crippen molar-refractivity contribution in [3.8, 4) is 5.75 Å². The third kappa shape index (κ3) is 2.77. The minimum absolute atomic E-state index is 0.197. The Bertz CT molecular complexity index is 448. The van der Waals surface area contributed by atoms with E-state index < -0.39 is 24.0 Å². The van der Waals surface area contributed by atoms with E-state index in [4.69, 9.17) is 4.74 Å². The highest BCUT2D eigenvalue weighted by Crippen LogP contribution is 2.30. The molecule has 0 N–H and O–H groups in total. The van der Waals surface area contributed by atoms with Crippen LogP contribution < -0.4 is 4.74 Å². The van der Waals surface area contributed by atoms with Crippen molar-refractivity contribution in [1.82, 2.24) is 0 Å². The first kappa shape index (κ1) is 11.5. The number of ether oxygens (including phenoxy) is 2. The quantitative estimate of drug-likeness (QED) is 0.750. The summed E-state index contributed by atoms with van der Waals surface area (Å²) in [5, 5.41) is 0. The predicted octanol–water partition coefficient (Wildman–Crippen LogP) is 2.52. The van der Waals surface area contributed by atoms with Crippen molar-refractivity contribution in [2.24, 2.45) is 0 Å². The second-order valence-corrected chi connectivity index (χ2v) is 3.30. The molecule has 90 valence electrons. The number of alkyl halides is 3. The van der Waals surface area contributed by atoms with Gasteiger partial charge in [-0.15, -0.1) is 0 Å². The Morgan fingerprint density at radius 1 is 1.18 bits per heavy atom. The van der Waals surface area contributed by atoms with E-state index in [0.717, 1.165) is 12.1 Å². The molecular weight excluding hydrogens is 237 g/mol. The second kappa shape index (κ2) is 4.12. The van der Waals surface area contributed by atoms with Gasteiger partial charge in [0.15, 0.2) is 0 Å². The lowest BCUT2D eigenvalue weighted by Gasteiger charge is -2.12. The molecule has 0 radical (unpaired) electrons. The van der Waals surface area contributed by atoms with Gasteiger partial charge >= 0.3 is 12.1 Å². The molecule has 0 bridgehead atoms. The summed E-state index contributed by atoms with van der Waals surface area (Å²) in [5.41, 5.74) is -0.760. The van der Waals surface area contributed by atoms with E-state index >= 15 is 0 Å². The molecule has 0 saturated heterocycles. The van der Waals surface area contributed by atoms with Crippen LogP contribution >= 0.6 is 0 Å². The normalized spacial score (nSPS) is 19.2. The maximum Gasteiger partial charge on any atom is 0.416 e. The Hall–Kier alpha value is -1.98. The monoisotopic (exact) mass is 244 g/mol. The lowest BCUT2D eigenvalue weighted by Crippen LogP contribution is -2.15. The van der Waals surface area contributed by atoms with Gasteiger partial charge in [-0.3, -0.25) is 0 Å². The molecule has 1 atom stereocenters. The van der Waals surface area contributed by atoms with Crippen molar-refractivity contribution < 1.29 is 27.4 Å². The van der Waals surface area contributed by atoms with Gasteiger partial charge in [-0.2, -0.15) is 13.2 Å². The average molecular weight is 244 g/mol. The van der Waals surface area contributed by atoms with Crippen molar-refractivity contribution in [2.45, 2.75) is 12.5 Å². The van der Waals surface area contributed by atoms with Crippen LogP contribution in [-0.4, -0.2) is 12.3 Å². The Morgan fingerprint density at radius 3 is 2.29 bits per heavy atom. The summed E-state index contributed by atoms with van der Waals surface area (Å²) < 4.78 is 46.5. The lowest BCUT2D eigenvalue weighted by atomic mass is 10.2. The van der Waals surface area contributed by atoms with Crippen LogP contribution in [0.15, 0.2) is 36.4 Å². The van der Waals surface area contributed by atoms with E-state index in [9.17, 15) is 18.0 Å². The molecule has 0 spiro atoms. The van der Waals surface area contributed by atoms with Gasteiger partial charge in [0.1, 0.15) is 5.75 Å². The van der Waals surface area contributed by atoms with E-state index in [1.54, 1.807) is 0 Å². The number of hydrogen-bond donors (Lipinski definition) is 0. The predicted molar refractivity (Wildman–Crippen MR) is 51.1 cm³/mol. The molecule has 0 fully saturated rings. The number of halogens is 3. The SMILES string of the molecule is O=C1C=CC(Oc2ccc(C(F)(F)F)cc2)O1. The van der Waals surface area contributed by atoms with Crippen molar-refractivity contribution in [1.29, 1.82) is 0 Å². The molecule has 1 unspecified atom stereocenters. The highest BCUT2D eigenvalue weighted by atomic mass is 19.4. The molecule has 1 aromatic carbocycles. The van der Waals surface area contributed by atoms with Crippen LogP contribution in [0.25, 0.3) is 0 Å². The van der Waals surface area contributed by atoms with Crippen LogP contribution in [0.1, 0.15) is 5.56 Å². The molecule has 1 heterocycles. The summed E-state index contributed by atoms with van der Waals surface area (Å²) in [6.45, 7) is 0. The van der Waals surface area contributed by atoms with Gasteiger partial charge in [-0.25, -0.2) is 4.79 Å². The van der Waals surface area contributed by atoms with Crippen LogP contribution in [0.5, 0.6) is 5.75 Å². The van der Waals surface area contributed by atoms with Crippen molar-refractivity contribution in [2.75, 3.05) is 0 Å². The fourth-order valence-electron chi connectivity index (χ4n) is 1.27. The van der Waals surface area contributed by atoms with Crippen LogP contribution in [0.2, 0.25) is 0 Å². The summed E-state index contributed by atoms with van der Waals surface area (Å²) >= 11 is 0. The first-order chi connectivity index (χ1) is 7.95. The summed E-state index contributed by atoms with van der Waals surface area (Å²) in [6.07, 6.45) is -2.69. The fourth-order valence-corrected chi connectivity index (χ4v) is 1.27. The molecule has 2 rings (SSSR count). The smallest absolute Gasteiger partial charge is 0.416 e. The maximum atomic E-state index is 12.3. The standard InChI is InChI=1S/C11H7F3O3/c12-11(13,14)7-1-3-8(4-2-7)16-10-6-5-9(15)17-10/h1-6,10H. The Morgan fingerprint density at radius 2 is 1.82 bits per heavy atom. The minimum atomic E-state index is -4.38. The molecule has 0 saturated carbocycles. The molecule has 17 heavy (non-hydrogen) atoms. The highest BCUT2D eigenvalue weighted by molar-refractivity contribution is 5.84. The van der Waals surface area contributed by atoms with Gasteiger partial charge in [0.25, 0.3) is 6.29 Å². The number of esters is 1. The first-order valence-corrected chi connectivity index (χ1v) is 4.68. The van der Waals surface area contributed by atoms with E-state index in [0.29, 0.717) is 0 Å². The lowest BCUT2D eigenvalue weighted by molar-refractivity contribution is -0.147. The zero-order valence-electron chi connectivity index (χ0n) is 8.40. The molecule has 3 nitrogen and oxygen atoms in total. The van der Waals surface area contributed by atoms with Gasteiger partial charge in [-0.05, 0) is 24.3 Å². The largest absolute Gasteiger partial charge is 0.451 e. The van der Waals surface area contributed by atoms with Gasteiger partial charge in [-0.1, -0.05) is 0 Å².